The highest BCUT2D eigenvalue weighted by molar-refractivity contribution is 6.05. The molecule has 0 saturated heterocycles. The molecule has 142 valence electrons. The maximum atomic E-state index is 6.08. The molecule has 30 heavy (non-hydrogen) atoms. The van der Waals surface area contributed by atoms with Crippen molar-refractivity contribution in [2.45, 2.75) is 0 Å². The number of fused-ring (bicyclic) bond motifs is 3. The number of nitrogens with zero attached hydrogens (tertiary/aromatic N) is 2. The maximum Gasteiger partial charge on any atom is 0.144 e. The summed E-state index contributed by atoms with van der Waals surface area (Å²) in [6.07, 6.45) is 3.85. The highest BCUT2D eigenvalue weighted by Crippen LogP contribution is 2.33. The summed E-state index contributed by atoms with van der Waals surface area (Å²) >= 11 is 0. The van der Waals surface area contributed by atoms with E-state index in [9.17, 15) is 0 Å². The minimum atomic E-state index is 0.909. The maximum absolute atomic E-state index is 6.08. The second-order valence-corrected chi connectivity index (χ2v) is 7.35. The predicted octanol–water partition coefficient (Wildman–Crippen LogP) is 7.11. The summed E-state index contributed by atoms with van der Waals surface area (Å²) in [4.78, 5) is 4.58. The van der Waals surface area contributed by atoms with E-state index in [0.29, 0.717) is 0 Å². The first-order chi connectivity index (χ1) is 14.9. The van der Waals surface area contributed by atoms with Gasteiger partial charge in [0.25, 0.3) is 0 Å². The summed E-state index contributed by atoms with van der Waals surface area (Å²) in [6, 6.07) is 33.4. The second-order valence-electron chi connectivity index (χ2n) is 7.35. The van der Waals surface area contributed by atoms with Crippen LogP contribution in [0, 0.1) is 0 Å². The number of aromatic nitrogens is 2. The molecule has 0 aliphatic heterocycles. The first-order valence-corrected chi connectivity index (χ1v) is 9.98. The van der Waals surface area contributed by atoms with Gasteiger partial charge in [0.2, 0.25) is 0 Å². The molecule has 0 aliphatic rings. The van der Waals surface area contributed by atoms with Gasteiger partial charge in [-0.25, -0.2) is 4.98 Å². The molecule has 2 heterocycles. The molecule has 0 atom stereocenters. The summed E-state index contributed by atoms with van der Waals surface area (Å²) in [5, 5.41) is 2.30. The van der Waals surface area contributed by atoms with Gasteiger partial charge < -0.3 is 4.42 Å². The third-order valence-corrected chi connectivity index (χ3v) is 5.51. The summed E-state index contributed by atoms with van der Waals surface area (Å²) in [5.74, 6) is 0.931. The average molecular weight is 386 g/mol. The lowest BCUT2D eigenvalue weighted by Gasteiger charge is -2.10. The van der Waals surface area contributed by atoms with E-state index in [2.05, 4.69) is 70.2 Å². The van der Waals surface area contributed by atoms with Crippen molar-refractivity contribution in [3.8, 4) is 28.2 Å². The predicted molar refractivity (Wildman–Crippen MR) is 122 cm³/mol. The zero-order chi connectivity index (χ0) is 19.9. The van der Waals surface area contributed by atoms with Crippen molar-refractivity contribution < 1.29 is 4.42 Å². The van der Waals surface area contributed by atoms with Crippen molar-refractivity contribution in [2.24, 2.45) is 0 Å². The largest absolute Gasteiger partial charge is 0.456 e. The fraction of sp³-hybridized carbons (Fsp3) is 0. The molecule has 6 rings (SSSR count). The number of imidazole rings is 1. The molecule has 0 radical (unpaired) electrons. The van der Waals surface area contributed by atoms with Gasteiger partial charge in [0, 0.05) is 34.4 Å². The zero-order valence-electron chi connectivity index (χ0n) is 16.2. The van der Waals surface area contributed by atoms with Gasteiger partial charge >= 0.3 is 0 Å². The van der Waals surface area contributed by atoms with E-state index in [1.165, 1.54) is 0 Å². The Morgan fingerprint density at radius 1 is 0.600 bits per heavy atom. The Kier molecular flexibility index (Phi) is 3.78. The Hall–Kier alpha value is -4.11. The van der Waals surface area contributed by atoms with E-state index in [-0.39, 0.29) is 0 Å². The molecule has 0 N–H and O–H groups in total. The molecule has 4 aromatic carbocycles. The summed E-state index contributed by atoms with van der Waals surface area (Å²) in [5.41, 5.74) is 6.27. The molecule has 3 heteroatoms. The Morgan fingerprint density at radius 3 is 2.30 bits per heavy atom. The van der Waals surface area contributed by atoms with Gasteiger partial charge in [0.05, 0.1) is 0 Å². The van der Waals surface area contributed by atoms with Crippen LogP contribution in [0.3, 0.4) is 0 Å². The molecule has 0 spiro atoms. The molecule has 0 fully saturated rings. The van der Waals surface area contributed by atoms with E-state index < -0.39 is 0 Å². The molecule has 0 aliphatic carbocycles. The fourth-order valence-electron chi connectivity index (χ4n) is 4.05. The van der Waals surface area contributed by atoms with Gasteiger partial charge in [0.15, 0.2) is 0 Å². The zero-order valence-corrected chi connectivity index (χ0v) is 16.2. The SMILES string of the molecule is c1ccc(-c2nccn2-c2cccc(-c3ccc4c(c3)oc3ccccc34)c2)cc1. The smallest absolute Gasteiger partial charge is 0.144 e. The van der Waals surface area contributed by atoms with E-state index in [0.717, 1.165) is 50.1 Å². The number of furan rings is 1. The van der Waals surface area contributed by atoms with Crippen LogP contribution in [-0.4, -0.2) is 9.55 Å². The van der Waals surface area contributed by atoms with Gasteiger partial charge in [-0.3, -0.25) is 4.57 Å². The lowest BCUT2D eigenvalue weighted by molar-refractivity contribution is 0.669. The van der Waals surface area contributed by atoms with Crippen molar-refractivity contribution in [2.75, 3.05) is 0 Å². The van der Waals surface area contributed by atoms with Crippen LogP contribution < -0.4 is 0 Å². The fourth-order valence-corrected chi connectivity index (χ4v) is 4.05. The summed E-state index contributed by atoms with van der Waals surface area (Å²) < 4.78 is 8.20. The minimum Gasteiger partial charge on any atom is -0.456 e. The molecule has 0 bridgehead atoms. The van der Waals surface area contributed by atoms with Crippen LogP contribution in [0.15, 0.2) is 114 Å². The van der Waals surface area contributed by atoms with Gasteiger partial charge in [0.1, 0.15) is 17.0 Å². The van der Waals surface area contributed by atoms with Gasteiger partial charge in [-0.05, 0) is 41.5 Å². The Labute approximate surface area is 173 Å². The Morgan fingerprint density at radius 2 is 1.37 bits per heavy atom. The van der Waals surface area contributed by atoms with Crippen LogP contribution in [0.1, 0.15) is 0 Å². The standard InChI is InChI=1S/C27H18N2O/c1-2-7-19(8-3-1)27-28-15-16-29(27)22-10-6-9-20(17-22)21-13-14-24-23-11-4-5-12-25(23)30-26(24)18-21/h1-18H. The van der Waals surface area contributed by atoms with Gasteiger partial charge in [-0.1, -0.05) is 66.7 Å². The second kappa shape index (κ2) is 6.75. The number of hydrogen-bond donors (Lipinski definition) is 0. The van der Waals surface area contributed by atoms with Crippen molar-refractivity contribution in [1.29, 1.82) is 0 Å². The normalized spacial score (nSPS) is 11.3. The Bertz CT molecular complexity index is 1490. The molecule has 6 aromatic rings. The molecule has 0 amide bonds. The lowest BCUT2D eigenvalue weighted by Crippen LogP contribution is -1.96. The highest BCUT2D eigenvalue weighted by atomic mass is 16.3. The van der Waals surface area contributed by atoms with Crippen molar-refractivity contribution >= 4 is 21.9 Å². The third-order valence-electron chi connectivity index (χ3n) is 5.51. The molecular formula is C27H18N2O. The monoisotopic (exact) mass is 386 g/mol. The van der Waals surface area contributed by atoms with E-state index >= 15 is 0 Å². The quantitative estimate of drug-likeness (QED) is 0.325. The highest BCUT2D eigenvalue weighted by Gasteiger charge is 2.10. The van der Waals surface area contributed by atoms with Crippen molar-refractivity contribution in [1.82, 2.24) is 9.55 Å². The topological polar surface area (TPSA) is 31.0 Å². The van der Waals surface area contributed by atoms with E-state index in [1.807, 2.05) is 48.8 Å². The summed E-state index contributed by atoms with van der Waals surface area (Å²) in [6.45, 7) is 0. The number of hydrogen-bond acceptors (Lipinski definition) is 2. The van der Waals surface area contributed by atoms with Crippen LogP contribution >= 0.6 is 0 Å². The first kappa shape index (κ1) is 16.8. The molecule has 0 saturated carbocycles. The molecular weight excluding hydrogens is 368 g/mol. The minimum absolute atomic E-state index is 0.909. The van der Waals surface area contributed by atoms with E-state index in [1.54, 1.807) is 0 Å². The molecule has 0 unspecified atom stereocenters. The van der Waals surface area contributed by atoms with Crippen LogP contribution in [0.2, 0.25) is 0 Å². The molecule has 2 aromatic heterocycles. The Balaban J connectivity index is 1.45. The van der Waals surface area contributed by atoms with Gasteiger partial charge in [-0.15, -0.1) is 0 Å². The van der Waals surface area contributed by atoms with Crippen LogP contribution in [0.25, 0.3) is 50.1 Å². The van der Waals surface area contributed by atoms with Crippen molar-refractivity contribution in [3.05, 3.63) is 109 Å². The van der Waals surface area contributed by atoms with E-state index in [4.69, 9.17) is 4.42 Å². The van der Waals surface area contributed by atoms with Gasteiger partial charge in [-0.2, -0.15) is 0 Å². The number of benzene rings is 4. The van der Waals surface area contributed by atoms with Crippen LogP contribution in [-0.2, 0) is 0 Å². The average Bonchev–Trinajstić information content (AvgIpc) is 3.44. The third kappa shape index (κ3) is 2.72. The lowest BCUT2D eigenvalue weighted by atomic mass is 10.0. The summed E-state index contributed by atoms with van der Waals surface area (Å²) in [7, 11) is 0. The van der Waals surface area contributed by atoms with Crippen LogP contribution in [0.4, 0.5) is 0 Å². The number of para-hydroxylation sites is 1. The van der Waals surface area contributed by atoms with Crippen molar-refractivity contribution in [3.63, 3.8) is 0 Å². The van der Waals surface area contributed by atoms with Crippen LogP contribution in [0.5, 0.6) is 0 Å². The molecule has 3 nitrogen and oxygen atoms in total. The number of rotatable bonds is 3. The first-order valence-electron chi connectivity index (χ1n) is 9.98.